The van der Waals surface area contributed by atoms with Crippen LogP contribution in [0.2, 0.25) is 0 Å². The minimum atomic E-state index is -1.18. The van der Waals surface area contributed by atoms with Gasteiger partial charge in [0.15, 0.2) is 5.69 Å². The van der Waals surface area contributed by atoms with Crippen molar-refractivity contribution in [1.29, 1.82) is 0 Å². The molecule has 1 aromatic heterocycles. The fourth-order valence-electron chi connectivity index (χ4n) is 2.71. The summed E-state index contributed by atoms with van der Waals surface area (Å²) in [5.74, 6) is -1.01. The van der Waals surface area contributed by atoms with Gasteiger partial charge in [0.05, 0.1) is 4.92 Å². The summed E-state index contributed by atoms with van der Waals surface area (Å²) in [7, 11) is 0. The summed E-state index contributed by atoms with van der Waals surface area (Å²) >= 11 is 0. The Bertz CT molecular complexity index is 526. The minimum Gasteiger partial charge on any atom is -0.477 e. The quantitative estimate of drug-likeness (QED) is 0.657. The number of hydrogen-bond acceptors (Lipinski definition) is 5. The molecule has 1 N–H and O–H groups in total. The lowest BCUT2D eigenvalue weighted by molar-refractivity contribution is -0.384. The Labute approximate surface area is 116 Å². The maximum Gasteiger partial charge on any atom is 0.354 e. The van der Waals surface area contributed by atoms with Crippen LogP contribution in [0.15, 0.2) is 12.1 Å². The van der Waals surface area contributed by atoms with Crippen LogP contribution in [0.4, 0.5) is 11.5 Å². The second-order valence-electron chi connectivity index (χ2n) is 4.83. The first kappa shape index (κ1) is 14.2. The number of nitrogens with zero attached hydrogens (tertiary/aromatic N) is 3. The Hall–Kier alpha value is -2.18. The molecule has 0 aliphatic heterocycles. The van der Waals surface area contributed by atoms with Crippen molar-refractivity contribution in [2.24, 2.45) is 0 Å². The number of carboxylic acids is 1. The van der Waals surface area contributed by atoms with Crippen LogP contribution >= 0.6 is 0 Å². The number of aromatic carboxylic acids is 1. The van der Waals surface area contributed by atoms with Gasteiger partial charge in [-0.2, -0.15) is 0 Å². The van der Waals surface area contributed by atoms with Crippen molar-refractivity contribution in [2.45, 2.75) is 38.6 Å². The highest BCUT2D eigenvalue weighted by atomic mass is 16.6. The zero-order valence-corrected chi connectivity index (χ0v) is 11.3. The molecule has 1 saturated carbocycles. The highest BCUT2D eigenvalue weighted by molar-refractivity contribution is 5.86. The van der Waals surface area contributed by atoms with Crippen molar-refractivity contribution in [3.63, 3.8) is 0 Å². The van der Waals surface area contributed by atoms with Gasteiger partial charge < -0.3 is 10.0 Å². The summed E-state index contributed by atoms with van der Waals surface area (Å²) in [5.41, 5.74) is -0.300. The van der Waals surface area contributed by atoms with Crippen molar-refractivity contribution >= 4 is 17.5 Å². The number of anilines is 1. The molecular formula is C13H17N3O4. The average molecular weight is 279 g/mol. The van der Waals surface area contributed by atoms with Crippen LogP contribution in [-0.2, 0) is 0 Å². The van der Waals surface area contributed by atoms with Crippen LogP contribution in [0.25, 0.3) is 0 Å². The van der Waals surface area contributed by atoms with Crippen LogP contribution in [0.1, 0.15) is 43.1 Å². The van der Waals surface area contributed by atoms with Crippen molar-refractivity contribution in [3.05, 3.63) is 27.9 Å². The third-order valence-corrected chi connectivity index (χ3v) is 3.65. The molecule has 0 radical (unpaired) electrons. The summed E-state index contributed by atoms with van der Waals surface area (Å²) in [6, 6.07) is 2.60. The number of hydrogen-bond donors (Lipinski definition) is 1. The van der Waals surface area contributed by atoms with E-state index in [-0.39, 0.29) is 23.2 Å². The second kappa shape index (κ2) is 5.85. The molecule has 7 nitrogen and oxygen atoms in total. The zero-order chi connectivity index (χ0) is 14.7. The van der Waals surface area contributed by atoms with Gasteiger partial charge in [0.1, 0.15) is 0 Å². The number of carbonyl (C=O) groups is 1. The van der Waals surface area contributed by atoms with Gasteiger partial charge >= 0.3 is 11.7 Å². The molecule has 1 fully saturated rings. The van der Waals surface area contributed by atoms with Crippen molar-refractivity contribution < 1.29 is 14.8 Å². The predicted octanol–water partition coefficient (Wildman–Crippen LogP) is 2.46. The number of pyridine rings is 1. The molecule has 1 aliphatic carbocycles. The van der Waals surface area contributed by atoms with Crippen LogP contribution in [0.3, 0.4) is 0 Å². The van der Waals surface area contributed by atoms with Crippen molar-refractivity contribution in [1.82, 2.24) is 4.98 Å². The summed E-state index contributed by atoms with van der Waals surface area (Å²) in [6.07, 6.45) is 4.11. The molecule has 0 saturated heterocycles. The predicted molar refractivity (Wildman–Crippen MR) is 73.1 cm³/mol. The lowest BCUT2D eigenvalue weighted by Gasteiger charge is -2.28. The molecule has 0 amide bonds. The molecule has 0 spiro atoms. The second-order valence-corrected chi connectivity index (χ2v) is 4.83. The van der Waals surface area contributed by atoms with Crippen molar-refractivity contribution in [2.75, 3.05) is 11.4 Å². The smallest absolute Gasteiger partial charge is 0.354 e. The fourth-order valence-corrected chi connectivity index (χ4v) is 2.71. The van der Waals surface area contributed by atoms with Crippen LogP contribution in [0, 0.1) is 10.1 Å². The maximum atomic E-state index is 11.1. The molecule has 0 unspecified atom stereocenters. The Morgan fingerprint density at radius 1 is 1.50 bits per heavy atom. The first-order valence-corrected chi connectivity index (χ1v) is 6.70. The maximum absolute atomic E-state index is 11.1. The number of nitro groups is 1. The van der Waals surface area contributed by atoms with E-state index >= 15 is 0 Å². The summed E-state index contributed by atoms with van der Waals surface area (Å²) in [5, 5.41) is 20.1. The third kappa shape index (κ3) is 2.71. The largest absolute Gasteiger partial charge is 0.477 e. The van der Waals surface area contributed by atoms with Gasteiger partial charge in [0, 0.05) is 18.7 Å². The van der Waals surface area contributed by atoms with E-state index in [1.54, 1.807) is 0 Å². The van der Waals surface area contributed by atoms with Gasteiger partial charge in [-0.05, 0) is 25.8 Å². The lowest BCUT2D eigenvalue weighted by Crippen LogP contribution is -2.34. The Morgan fingerprint density at radius 3 is 2.65 bits per heavy atom. The monoisotopic (exact) mass is 279 g/mol. The van der Waals surface area contributed by atoms with Gasteiger partial charge in [-0.15, -0.1) is 0 Å². The molecule has 1 heterocycles. The van der Waals surface area contributed by atoms with Gasteiger partial charge in [-0.1, -0.05) is 12.8 Å². The first-order chi connectivity index (χ1) is 9.54. The van der Waals surface area contributed by atoms with Crippen LogP contribution < -0.4 is 4.90 Å². The molecule has 108 valence electrons. The highest BCUT2D eigenvalue weighted by Gasteiger charge is 2.29. The molecule has 1 aliphatic rings. The van der Waals surface area contributed by atoms with E-state index in [9.17, 15) is 14.9 Å². The van der Waals surface area contributed by atoms with Gasteiger partial charge in [-0.3, -0.25) is 10.1 Å². The van der Waals surface area contributed by atoms with Gasteiger partial charge in [0.25, 0.3) is 0 Å². The van der Waals surface area contributed by atoms with Crippen LogP contribution in [0.5, 0.6) is 0 Å². The molecule has 0 atom stereocenters. The molecule has 20 heavy (non-hydrogen) atoms. The Kier molecular flexibility index (Phi) is 4.16. The average Bonchev–Trinajstić information content (AvgIpc) is 2.93. The van der Waals surface area contributed by atoms with E-state index in [0.29, 0.717) is 6.54 Å². The highest BCUT2D eigenvalue weighted by Crippen LogP contribution is 2.32. The molecule has 1 aromatic rings. The topological polar surface area (TPSA) is 96.6 Å². The van der Waals surface area contributed by atoms with E-state index in [0.717, 1.165) is 25.7 Å². The molecule has 7 heteroatoms. The number of carboxylic acid groups (broad SMARTS) is 1. The Morgan fingerprint density at radius 2 is 2.15 bits per heavy atom. The van der Waals surface area contributed by atoms with E-state index in [1.807, 2.05) is 11.8 Å². The standard InChI is InChI=1S/C13H17N3O4/c1-2-15(9-5-3-4-6-9)12-11(16(19)20)8-7-10(14-12)13(17)18/h7-9H,2-6H2,1H3,(H,17,18). The van der Waals surface area contributed by atoms with E-state index in [2.05, 4.69) is 4.98 Å². The summed E-state index contributed by atoms with van der Waals surface area (Å²) in [4.78, 5) is 27.5. The first-order valence-electron chi connectivity index (χ1n) is 6.70. The Balaban J connectivity index is 2.46. The van der Waals surface area contributed by atoms with Crippen molar-refractivity contribution in [3.8, 4) is 0 Å². The third-order valence-electron chi connectivity index (χ3n) is 3.65. The van der Waals surface area contributed by atoms with E-state index < -0.39 is 10.9 Å². The summed E-state index contributed by atoms with van der Waals surface area (Å²) < 4.78 is 0. The number of aromatic nitrogens is 1. The van der Waals surface area contributed by atoms with Crippen LogP contribution in [-0.4, -0.2) is 33.6 Å². The van der Waals surface area contributed by atoms with E-state index in [4.69, 9.17) is 5.11 Å². The lowest BCUT2D eigenvalue weighted by atomic mass is 10.2. The number of rotatable bonds is 5. The SMILES string of the molecule is CCN(c1nc(C(=O)O)ccc1[N+](=O)[O-])C1CCCC1. The fraction of sp³-hybridized carbons (Fsp3) is 0.538. The summed E-state index contributed by atoms with van der Waals surface area (Å²) in [6.45, 7) is 2.47. The minimum absolute atomic E-state index is 0.135. The molecule has 2 rings (SSSR count). The zero-order valence-electron chi connectivity index (χ0n) is 11.3. The molecular weight excluding hydrogens is 262 g/mol. The van der Waals surface area contributed by atoms with Gasteiger partial charge in [-0.25, -0.2) is 9.78 Å². The van der Waals surface area contributed by atoms with E-state index in [1.165, 1.54) is 12.1 Å². The molecule has 0 aromatic carbocycles. The molecule has 0 bridgehead atoms. The normalized spacial score (nSPS) is 15.2. The van der Waals surface area contributed by atoms with Gasteiger partial charge in [0.2, 0.25) is 5.82 Å².